The van der Waals surface area contributed by atoms with Crippen LogP contribution in [0.3, 0.4) is 0 Å². The van der Waals surface area contributed by atoms with Crippen LogP contribution in [0.2, 0.25) is 0 Å². The van der Waals surface area contributed by atoms with Gasteiger partial charge in [0, 0.05) is 0 Å². The van der Waals surface area contributed by atoms with Crippen LogP contribution in [0.5, 0.6) is 0 Å². The van der Waals surface area contributed by atoms with Gasteiger partial charge in [0.2, 0.25) is 0 Å². The minimum Gasteiger partial charge on any atom is -0.295 e. The number of hydrogen-bond donors (Lipinski definition) is 0. The second-order valence-electron chi connectivity index (χ2n) is 5.21. The van der Waals surface area contributed by atoms with Crippen LogP contribution in [0, 0.1) is 5.41 Å². The highest BCUT2D eigenvalue weighted by atomic mass is 16.1. The average Bonchev–Trinajstić information content (AvgIpc) is 2.09. The molecule has 0 amide bonds. The van der Waals surface area contributed by atoms with Crippen LogP contribution in [-0.4, -0.2) is 5.78 Å². The summed E-state index contributed by atoms with van der Waals surface area (Å²) in [6.45, 7) is 8.46. The largest absolute Gasteiger partial charge is 0.295 e. The van der Waals surface area contributed by atoms with Crippen LogP contribution in [-0.2, 0) is 4.79 Å². The minimum atomic E-state index is 0.141. The molecule has 0 aromatic rings. The van der Waals surface area contributed by atoms with Crippen LogP contribution >= 0.6 is 0 Å². The first-order chi connectivity index (χ1) is 6.93. The lowest BCUT2D eigenvalue weighted by molar-refractivity contribution is -0.112. The zero-order chi connectivity index (χ0) is 11.5. The van der Waals surface area contributed by atoms with Crippen molar-refractivity contribution in [3.63, 3.8) is 0 Å². The first kappa shape index (κ1) is 12.2. The minimum absolute atomic E-state index is 0.141. The molecule has 1 rings (SSSR count). The van der Waals surface area contributed by atoms with Crippen molar-refractivity contribution in [2.24, 2.45) is 5.41 Å². The molecule has 0 saturated carbocycles. The Balaban J connectivity index is 2.76. The fourth-order valence-electron chi connectivity index (χ4n) is 2.47. The van der Waals surface area contributed by atoms with Crippen molar-refractivity contribution in [3.8, 4) is 0 Å². The lowest BCUT2D eigenvalue weighted by atomic mass is 9.71. The fraction of sp³-hybridized carbons (Fsp3) is 0.643. The third-order valence-electron chi connectivity index (χ3n) is 3.36. The summed E-state index contributed by atoms with van der Waals surface area (Å²) >= 11 is 0. The van der Waals surface area contributed by atoms with E-state index in [2.05, 4.69) is 20.8 Å². The quantitative estimate of drug-likeness (QED) is 0.503. The third kappa shape index (κ3) is 3.33. The molecular formula is C14H22O. The van der Waals surface area contributed by atoms with Crippen LogP contribution in [0.25, 0.3) is 0 Å². The van der Waals surface area contributed by atoms with E-state index in [1.807, 2.05) is 6.08 Å². The lowest BCUT2D eigenvalue weighted by Gasteiger charge is -2.34. The number of ketones is 1. The number of carbonyl (C=O) groups excluding carboxylic acids is 1. The van der Waals surface area contributed by atoms with Gasteiger partial charge in [0.1, 0.15) is 0 Å². The van der Waals surface area contributed by atoms with Crippen molar-refractivity contribution >= 4 is 5.78 Å². The number of carbonyl (C=O) groups is 1. The summed E-state index contributed by atoms with van der Waals surface area (Å²) in [5.41, 5.74) is 3.38. The summed E-state index contributed by atoms with van der Waals surface area (Å²) < 4.78 is 0. The zero-order valence-electron chi connectivity index (χ0n) is 10.4. The van der Waals surface area contributed by atoms with E-state index in [-0.39, 0.29) is 5.78 Å². The van der Waals surface area contributed by atoms with Crippen LogP contribution in [0.15, 0.2) is 23.3 Å². The van der Waals surface area contributed by atoms with Gasteiger partial charge in [-0.05, 0) is 51.0 Å². The SMILES string of the molecule is CC(=O)/C=C/CC1=C(C)CCCC1(C)C. The second kappa shape index (κ2) is 4.78. The number of rotatable bonds is 3. The van der Waals surface area contributed by atoms with Gasteiger partial charge in [-0.3, -0.25) is 4.79 Å². The summed E-state index contributed by atoms with van der Waals surface area (Å²) in [5.74, 6) is 0.141. The Kier molecular flexibility index (Phi) is 3.90. The summed E-state index contributed by atoms with van der Waals surface area (Å²) in [5, 5.41) is 0. The summed E-state index contributed by atoms with van der Waals surface area (Å²) in [6.07, 6.45) is 8.44. The predicted molar refractivity (Wildman–Crippen MR) is 64.8 cm³/mol. The molecule has 0 aliphatic heterocycles. The molecule has 0 heterocycles. The van der Waals surface area contributed by atoms with Crippen molar-refractivity contribution in [2.45, 2.75) is 53.4 Å². The molecule has 84 valence electrons. The molecule has 0 unspecified atom stereocenters. The normalized spacial score (nSPS) is 21.1. The Bertz CT molecular complexity index is 305. The van der Waals surface area contributed by atoms with Crippen molar-refractivity contribution in [1.29, 1.82) is 0 Å². The van der Waals surface area contributed by atoms with Gasteiger partial charge in [0.15, 0.2) is 5.78 Å². The Hall–Kier alpha value is -0.850. The van der Waals surface area contributed by atoms with Crippen molar-refractivity contribution in [3.05, 3.63) is 23.3 Å². The molecule has 0 fully saturated rings. The van der Waals surface area contributed by atoms with Gasteiger partial charge in [0.25, 0.3) is 0 Å². The summed E-state index contributed by atoms with van der Waals surface area (Å²) in [7, 11) is 0. The Morgan fingerprint density at radius 2 is 2.13 bits per heavy atom. The highest BCUT2D eigenvalue weighted by molar-refractivity contribution is 5.87. The Morgan fingerprint density at radius 1 is 1.47 bits per heavy atom. The molecule has 0 aromatic carbocycles. The van der Waals surface area contributed by atoms with Gasteiger partial charge in [0.05, 0.1) is 0 Å². The fourth-order valence-corrected chi connectivity index (χ4v) is 2.47. The molecule has 0 spiro atoms. The van der Waals surface area contributed by atoms with Gasteiger partial charge < -0.3 is 0 Å². The Labute approximate surface area is 93.3 Å². The molecule has 0 saturated heterocycles. The topological polar surface area (TPSA) is 17.1 Å². The van der Waals surface area contributed by atoms with Crippen molar-refractivity contribution in [2.75, 3.05) is 0 Å². The molecule has 1 aliphatic carbocycles. The van der Waals surface area contributed by atoms with E-state index >= 15 is 0 Å². The molecule has 1 aliphatic rings. The molecule has 0 N–H and O–H groups in total. The van der Waals surface area contributed by atoms with E-state index in [9.17, 15) is 4.79 Å². The first-order valence-electron chi connectivity index (χ1n) is 5.80. The molecule has 1 nitrogen and oxygen atoms in total. The molecular weight excluding hydrogens is 184 g/mol. The summed E-state index contributed by atoms with van der Waals surface area (Å²) in [4.78, 5) is 10.8. The molecule has 15 heavy (non-hydrogen) atoms. The zero-order valence-corrected chi connectivity index (χ0v) is 10.4. The van der Waals surface area contributed by atoms with E-state index in [1.165, 1.54) is 30.4 Å². The maximum atomic E-state index is 10.8. The predicted octanol–water partition coefficient (Wildman–Crippen LogP) is 4.05. The standard InChI is InChI=1S/C14H22O/c1-11-7-6-10-14(3,4)13(11)9-5-8-12(2)15/h5,8H,6-7,9-10H2,1-4H3/b8-5+. The Morgan fingerprint density at radius 3 is 2.67 bits per heavy atom. The molecule has 0 aromatic heterocycles. The molecule has 1 heteroatoms. The molecule has 0 radical (unpaired) electrons. The first-order valence-corrected chi connectivity index (χ1v) is 5.80. The van der Waals surface area contributed by atoms with Crippen molar-refractivity contribution < 1.29 is 4.79 Å². The number of hydrogen-bond acceptors (Lipinski definition) is 1. The van der Waals surface area contributed by atoms with Gasteiger partial charge in [-0.25, -0.2) is 0 Å². The van der Waals surface area contributed by atoms with Crippen molar-refractivity contribution in [1.82, 2.24) is 0 Å². The second-order valence-corrected chi connectivity index (χ2v) is 5.21. The molecule has 0 atom stereocenters. The molecule has 0 bridgehead atoms. The van der Waals surface area contributed by atoms with E-state index < -0.39 is 0 Å². The van der Waals surface area contributed by atoms with E-state index in [0.29, 0.717) is 5.41 Å². The summed E-state index contributed by atoms with van der Waals surface area (Å²) in [6, 6.07) is 0. The van der Waals surface area contributed by atoms with Crippen LogP contribution in [0.4, 0.5) is 0 Å². The van der Waals surface area contributed by atoms with Crippen LogP contribution in [0.1, 0.15) is 53.4 Å². The smallest absolute Gasteiger partial charge is 0.152 e. The van der Waals surface area contributed by atoms with Gasteiger partial charge in [-0.2, -0.15) is 0 Å². The number of allylic oxidation sites excluding steroid dienone is 4. The van der Waals surface area contributed by atoms with Gasteiger partial charge in [-0.1, -0.05) is 31.1 Å². The monoisotopic (exact) mass is 206 g/mol. The van der Waals surface area contributed by atoms with E-state index in [4.69, 9.17) is 0 Å². The van der Waals surface area contributed by atoms with Gasteiger partial charge >= 0.3 is 0 Å². The van der Waals surface area contributed by atoms with E-state index in [1.54, 1.807) is 13.0 Å². The highest BCUT2D eigenvalue weighted by Crippen LogP contribution is 2.41. The maximum Gasteiger partial charge on any atom is 0.152 e. The maximum absolute atomic E-state index is 10.8. The highest BCUT2D eigenvalue weighted by Gasteiger charge is 2.27. The van der Waals surface area contributed by atoms with Gasteiger partial charge in [-0.15, -0.1) is 0 Å². The lowest BCUT2D eigenvalue weighted by Crippen LogP contribution is -2.20. The average molecular weight is 206 g/mol. The van der Waals surface area contributed by atoms with E-state index in [0.717, 1.165) is 6.42 Å². The van der Waals surface area contributed by atoms with Crippen LogP contribution < -0.4 is 0 Å². The third-order valence-corrected chi connectivity index (χ3v) is 3.36.